The SMILES string of the molecule is CC(C)(C)c1cc2nn(-c3cc(CO)ccc3O)nc2cc1C(C)(C)C. The molecule has 138 valence electrons. The predicted molar refractivity (Wildman–Crippen MR) is 104 cm³/mol. The standard InChI is InChI=1S/C21H27N3O2/c1-20(2,3)14-10-16-17(11-15(14)21(4,5)6)23-24(22-16)18-9-13(12-25)7-8-19(18)26/h7-11,25-26H,12H2,1-6H3. The Morgan fingerprint density at radius 3 is 1.77 bits per heavy atom. The number of phenolic OH excluding ortho intramolecular Hbond substituents is 1. The Morgan fingerprint density at radius 2 is 1.35 bits per heavy atom. The minimum Gasteiger partial charge on any atom is -0.506 e. The van der Waals surface area contributed by atoms with Crippen molar-refractivity contribution in [3.8, 4) is 11.4 Å². The Morgan fingerprint density at radius 1 is 0.846 bits per heavy atom. The lowest BCUT2D eigenvalue weighted by atomic mass is 9.75. The maximum Gasteiger partial charge on any atom is 0.143 e. The van der Waals surface area contributed by atoms with Crippen molar-refractivity contribution in [3.05, 3.63) is 47.0 Å². The molecule has 0 fully saturated rings. The number of fused-ring (bicyclic) bond motifs is 1. The summed E-state index contributed by atoms with van der Waals surface area (Å²) in [5, 5.41) is 28.7. The molecule has 3 rings (SSSR count). The molecule has 0 saturated heterocycles. The van der Waals surface area contributed by atoms with E-state index in [9.17, 15) is 10.2 Å². The summed E-state index contributed by atoms with van der Waals surface area (Å²) < 4.78 is 0. The van der Waals surface area contributed by atoms with E-state index < -0.39 is 0 Å². The Balaban J connectivity index is 2.24. The van der Waals surface area contributed by atoms with Crippen LogP contribution in [0.4, 0.5) is 0 Å². The highest BCUT2D eigenvalue weighted by atomic mass is 16.3. The molecule has 0 bridgehead atoms. The van der Waals surface area contributed by atoms with E-state index in [1.807, 2.05) is 0 Å². The molecule has 2 aromatic carbocycles. The lowest BCUT2D eigenvalue weighted by Gasteiger charge is -2.29. The molecule has 0 amide bonds. The summed E-state index contributed by atoms with van der Waals surface area (Å²) in [6.07, 6.45) is 0. The predicted octanol–water partition coefficient (Wildman–Crippen LogP) is 4.21. The number of aliphatic hydroxyl groups excluding tert-OH is 1. The summed E-state index contributed by atoms with van der Waals surface area (Å²) in [7, 11) is 0. The molecule has 1 aromatic heterocycles. The molecule has 0 aliphatic carbocycles. The second-order valence-corrected chi connectivity index (χ2v) is 8.86. The Kier molecular flexibility index (Phi) is 4.31. The van der Waals surface area contributed by atoms with Gasteiger partial charge in [-0.1, -0.05) is 47.6 Å². The maximum atomic E-state index is 10.2. The summed E-state index contributed by atoms with van der Waals surface area (Å²) in [6, 6.07) is 9.13. The highest BCUT2D eigenvalue weighted by Gasteiger charge is 2.26. The number of aromatic hydroxyl groups is 1. The number of aliphatic hydroxyl groups is 1. The molecular formula is C21H27N3O2. The zero-order valence-electron chi connectivity index (χ0n) is 16.3. The third-order valence-corrected chi connectivity index (χ3v) is 4.57. The van der Waals surface area contributed by atoms with Crippen molar-refractivity contribution in [1.29, 1.82) is 0 Å². The van der Waals surface area contributed by atoms with Crippen molar-refractivity contribution in [2.24, 2.45) is 0 Å². The maximum absolute atomic E-state index is 10.2. The van der Waals surface area contributed by atoms with E-state index in [0.717, 1.165) is 11.0 Å². The van der Waals surface area contributed by atoms with Crippen LogP contribution >= 0.6 is 0 Å². The molecule has 0 spiro atoms. The van der Waals surface area contributed by atoms with Crippen LogP contribution in [-0.2, 0) is 17.4 Å². The van der Waals surface area contributed by atoms with Crippen LogP contribution in [0.3, 0.4) is 0 Å². The Hall–Kier alpha value is -2.40. The van der Waals surface area contributed by atoms with E-state index in [0.29, 0.717) is 11.3 Å². The molecule has 5 heteroatoms. The molecule has 0 saturated carbocycles. The van der Waals surface area contributed by atoms with Gasteiger partial charge in [0.25, 0.3) is 0 Å². The summed E-state index contributed by atoms with van der Waals surface area (Å²) in [5.74, 6) is 0.0783. The molecule has 1 heterocycles. The minimum absolute atomic E-state index is 0.0144. The van der Waals surface area contributed by atoms with Gasteiger partial charge in [0.05, 0.1) is 6.61 Å². The third-order valence-electron chi connectivity index (χ3n) is 4.57. The Bertz CT molecular complexity index is 909. The smallest absolute Gasteiger partial charge is 0.143 e. The molecule has 0 aliphatic heterocycles. The highest BCUT2D eigenvalue weighted by molar-refractivity contribution is 5.77. The molecule has 0 radical (unpaired) electrons. The first-order chi connectivity index (χ1) is 12.0. The van der Waals surface area contributed by atoms with E-state index in [1.54, 1.807) is 18.2 Å². The fourth-order valence-electron chi connectivity index (χ4n) is 3.14. The zero-order valence-corrected chi connectivity index (χ0v) is 16.3. The van der Waals surface area contributed by atoms with E-state index >= 15 is 0 Å². The average Bonchev–Trinajstić information content (AvgIpc) is 2.95. The number of rotatable bonds is 2. The molecule has 3 aromatic rings. The largest absolute Gasteiger partial charge is 0.506 e. The van der Waals surface area contributed by atoms with E-state index in [1.165, 1.54) is 15.9 Å². The van der Waals surface area contributed by atoms with E-state index in [4.69, 9.17) is 0 Å². The number of benzene rings is 2. The van der Waals surface area contributed by atoms with Crippen molar-refractivity contribution in [2.45, 2.75) is 59.0 Å². The lowest BCUT2D eigenvalue weighted by Crippen LogP contribution is -2.21. The van der Waals surface area contributed by atoms with Gasteiger partial charge in [0.15, 0.2) is 0 Å². The number of nitrogens with zero attached hydrogens (tertiary/aromatic N) is 3. The number of phenols is 1. The number of aromatic nitrogens is 3. The molecule has 0 unspecified atom stereocenters. The first kappa shape index (κ1) is 18.4. The fourth-order valence-corrected chi connectivity index (χ4v) is 3.14. The van der Waals surface area contributed by atoms with Crippen LogP contribution in [0.25, 0.3) is 16.7 Å². The topological polar surface area (TPSA) is 71.2 Å². The van der Waals surface area contributed by atoms with Crippen molar-refractivity contribution >= 4 is 11.0 Å². The van der Waals surface area contributed by atoms with Crippen molar-refractivity contribution in [2.75, 3.05) is 0 Å². The van der Waals surface area contributed by atoms with Crippen molar-refractivity contribution < 1.29 is 10.2 Å². The van der Waals surface area contributed by atoms with Gasteiger partial charge < -0.3 is 10.2 Å². The van der Waals surface area contributed by atoms with Crippen LogP contribution in [0.15, 0.2) is 30.3 Å². The van der Waals surface area contributed by atoms with Crippen LogP contribution < -0.4 is 0 Å². The number of hydrogen-bond acceptors (Lipinski definition) is 4. The fraction of sp³-hybridized carbons (Fsp3) is 0.429. The molecule has 26 heavy (non-hydrogen) atoms. The summed E-state index contributed by atoms with van der Waals surface area (Å²) in [6.45, 7) is 13.1. The quantitative estimate of drug-likeness (QED) is 0.724. The first-order valence-corrected chi connectivity index (χ1v) is 8.86. The summed E-state index contributed by atoms with van der Waals surface area (Å²) in [5.41, 5.74) is 5.20. The van der Waals surface area contributed by atoms with Gasteiger partial charge in [-0.25, -0.2) is 0 Å². The van der Waals surface area contributed by atoms with E-state index in [2.05, 4.69) is 63.9 Å². The van der Waals surface area contributed by atoms with Gasteiger partial charge in [0.1, 0.15) is 22.5 Å². The molecule has 0 aliphatic rings. The molecular weight excluding hydrogens is 326 g/mol. The second-order valence-electron chi connectivity index (χ2n) is 8.86. The van der Waals surface area contributed by atoms with Crippen molar-refractivity contribution in [1.82, 2.24) is 15.0 Å². The van der Waals surface area contributed by atoms with Gasteiger partial charge in [-0.2, -0.15) is 0 Å². The normalized spacial score (nSPS) is 12.7. The molecule has 5 nitrogen and oxygen atoms in total. The zero-order chi connectivity index (χ0) is 19.3. The van der Waals surface area contributed by atoms with Gasteiger partial charge in [0, 0.05) is 0 Å². The first-order valence-electron chi connectivity index (χ1n) is 8.86. The Labute approximate surface area is 154 Å². The summed E-state index contributed by atoms with van der Waals surface area (Å²) >= 11 is 0. The highest BCUT2D eigenvalue weighted by Crippen LogP contribution is 2.36. The van der Waals surface area contributed by atoms with Gasteiger partial charge in [0.2, 0.25) is 0 Å². The van der Waals surface area contributed by atoms with E-state index in [-0.39, 0.29) is 23.2 Å². The van der Waals surface area contributed by atoms with Gasteiger partial charge in [-0.15, -0.1) is 15.0 Å². The van der Waals surface area contributed by atoms with Crippen LogP contribution in [0.1, 0.15) is 58.2 Å². The minimum atomic E-state index is -0.101. The molecule has 2 N–H and O–H groups in total. The van der Waals surface area contributed by atoms with Crippen LogP contribution in [0.2, 0.25) is 0 Å². The monoisotopic (exact) mass is 353 g/mol. The third kappa shape index (κ3) is 3.31. The van der Waals surface area contributed by atoms with Crippen molar-refractivity contribution in [3.63, 3.8) is 0 Å². The van der Waals surface area contributed by atoms with Crippen LogP contribution in [0, 0.1) is 0 Å². The number of hydrogen-bond donors (Lipinski definition) is 2. The van der Waals surface area contributed by atoms with Crippen LogP contribution in [0.5, 0.6) is 5.75 Å². The van der Waals surface area contributed by atoms with Crippen LogP contribution in [-0.4, -0.2) is 25.2 Å². The van der Waals surface area contributed by atoms with Gasteiger partial charge >= 0.3 is 0 Å². The lowest BCUT2D eigenvalue weighted by molar-refractivity contribution is 0.281. The average molecular weight is 353 g/mol. The molecule has 0 atom stereocenters. The van der Waals surface area contributed by atoms with Gasteiger partial charge in [-0.3, -0.25) is 0 Å². The van der Waals surface area contributed by atoms with Gasteiger partial charge in [-0.05, 0) is 51.8 Å². The second kappa shape index (κ2) is 6.09. The summed E-state index contributed by atoms with van der Waals surface area (Å²) in [4.78, 5) is 1.44.